The van der Waals surface area contributed by atoms with Crippen LogP contribution in [0.15, 0.2) is 26.8 Å². The van der Waals surface area contributed by atoms with Crippen molar-refractivity contribution in [2.24, 2.45) is 16.3 Å². The highest BCUT2D eigenvalue weighted by molar-refractivity contribution is 7.99. The molecule has 1 aliphatic carbocycles. The largest absolute Gasteiger partial charge is 0.861 e. The van der Waals surface area contributed by atoms with Gasteiger partial charge in [-0.2, -0.15) is 10.3 Å². The number of nitrogens with zero attached hydrogens (tertiary/aromatic N) is 6. The molecule has 0 spiro atoms. The Morgan fingerprint density at radius 2 is 2.16 bits per heavy atom. The van der Waals surface area contributed by atoms with Gasteiger partial charge >= 0.3 is 5.88 Å². The zero-order valence-corrected chi connectivity index (χ0v) is 19.8. The van der Waals surface area contributed by atoms with Crippen LogP contribution in [0.2, 0.25) is 0 Å². The Morgan fingerprint density at radius 1 is 1.38 bits per heavy atom. The Labute approximate surface area is 193 Å². The molecule has 8 nitrogen and oxygen atoms in total. The summed E-state index contributed by atoms with van der Waals surface area (Å²) in [5.74, 6) is 0.522. The van der Waals surface area contributed by atoms with Crippen LogP contribution in [0.4, 0.5) is 5.88 Å². The lowest BCUT2D eigenvalue weighted by Gasteiger charge is -2.34. The third kappa shape index (κ3) is 5.23. The van der Waals surface area contributed by atoms with Gasteiger partial charge in [0.1, 0.15) is 11.1 Å². The van der Waals surface area contributed by atoms with E-state index in [2.05, 4.69) is 42.1 Å². The number of aryl methyl sites for hydroxylation is 1. The van der Waals surface area contributed by atoms with E-state index in [0.29, 0.717) is 16.5 Å². The number of aromatic nitrogens is 3. The van der Waals surface area contributed by atoms with Crippen molar-refractivity contribution < 1.29 is 14.4 Å². The van der Waals surface area contributed by atoms with Crippen LogP contribution in [0.25, 0.3) is 0 Å². The Bertz CT molecular complexity index is 1030. The molecular weight excluding hydrogens is 424 g/mol. The summed E-state index contributed by atoms with van der Waals surface area (Å²) >= 11 is 1.26. The molecule has 0 aromatic carbocycles. The first-order valence-electron chi connectivity index (χ1n) is 11.3. The summed E-state index contributed by atoms with van der Waals surface area (Å²) in [4.78, 5) is 10.4. The maximum absolute atomic E-state index is 12.4. The number of nitriles is 1. The Hall–Kier alpha value is -2.60. The molecule has 0 amide bonds. The predicted octanol–water partition coefficient (Wildman–Crippen LogP) is 2.68. The summed E-state index contributed by atoms with van der Waals surface area (Å²) in [6.45, 7) is 8.63. The molecule has 0 saturated carbocycles. The van der Waals surface area contributed by atoms with Crippen molar-refractivity contribution in [1.29, 1.82) is 5.26 Å². The lowest BCUT2D eigenvalue weighted by molar-refractivity contribution is -0.759. The van der Waals surface area contributed by atoms with E-state index in [1.807, 2.05) is 6.07 Å². The van der Waals surface area contributed by atoms with Crippen LogP contribution in [-0.4, -0.2) is 35.0 Å². The van der Waals surface area contributed by atoms with Crippen LogP contribution >= 0.6 is 11.8 Å². The first-order chi connectivity index (χ1) is 15.3. The van der Waals surface area contributed by atoms with Gasteiger partial charge in [0.15, 0.2) is 0 Å². The number of thioether (sulfide) groups is 1. The van der Waals surface area contributed by atoms with Crippen molar-refractivity contribution in [3.05, 3.63) is 29.1 Å². The van der Waals surface area contributed by atoms with Crippen LogP contribution in [-0.2, 0) is 12.8 Å². The SMILES string of the molecule is CC(C)(C)C1CCc2nc(SC/C([O-])=N/c3c[n+](N4CCCCC4)no3)c(C#N)cc2C1. The van der Waals surface area contributed by atoms with Gasteiger partial charge in [0.25, 0.3) is 6.20 Å². The standard InChI is InChI=1S/C23H30N6O2S/c1-23(2,3)18-7-8-19-16(12-18)11-17(13-24)22(25-19)32-15-20(30)26-21-14-29(27-31-21)28-9-5-4-6-10-28/h11,14,18H,4-10,12,15H2,1-3H3. The van der Waals surface area contributed by atoms with Gasteiger partial charge in [-0.3, -0.25) is 4.52 Å². The maximum atomic E-state index is 12.4. The molecule has 9 heteroatoms. The fourth-order valence-corrected chi connectivity index (χ4v) is 5.11. The minimum Gasteiger partial charge on any atom is -0.861 e. The van der Waals surface area contributed by atoms with Crippen molar-refractivity contribution in [2.75, 3.05) is 23.9 Å². The van der Waals surface area contributed by atoms with Crippen LogP contribution in [0.1, 0.15) is 63.3 Å². The van der Waals surface area contributed by atoms with Gasteiger partial charge in [-0.25, -0.2) is 9.98 Å². The van der Waals surface area contributed by atoms with E-state index in [0.717, 1.165) is 56.5 Å². The second-order valence-electron chi connectivity index (χ2n) is 9.63. The molecule has 4 rings (SSSR count). The van der Waals surface area contributed by atoms with Crippen molar-refractivity contribution in [3.63, 3.8) is 0 Å². The molecule has 1 fully saturated rings. The second-order valence-corrected chi connectivity index (χ2v) is 10.6. The van der Waals surface area contributed by atoms with Crippen molar-refractivity contribution >= 4 is 23.5 Å². The Balaban J connectivity index is 1.42. The Morgan fingerprint density at radius 3 is 2.88 bits per heavy atom. The van der Waals surface area contributed by atoms with Crippen molar-refractivity contribution in [3.8, 4) is 6.07 Å². The van der Waals surface area contributed by atoms with E-state index >= 15 is 0 Å². The molecule has 0 N–H and O–H groups in total. The number of pyridine rings is 1. The van der Waals surface area contributed by atoms with Gasteiger partial charge < -0.3 is 5.11 Å². The molecule has 2 aromatic heterocycles. The van der Waals surface area contributed by atoms with Crippen LogP contribution in [0, 0.1) is 22.7 Å². The molecular formula is C23H30N6O2S. The molecule has 0 radical (unpaired) electrons. The molecule has 3 heterocycles. The zero-order valence-electron chi connectivity index (χ0n) is 19.0. The fraction of sp³-hybridized carbons (Fsp3) is 0.609. The van der Waals surface area contributed by atoms with Gasteiger partial charge in [0.2, 0.25) is 5.27 Å². The minimum absolute atomic E-state index is 0.0928. The van der Waals surface area contributed by atoms with E-state index in [1.54, 1.807) is 11.0 Å². The summed E-state index contributed by atoms with van der Waals surface area (Å²) in [6.07, 6.45) is 8.04. The molecule has 2 aliphatic rings. The summed E-state index contributed by atoms with van der Waals surface area (Å²) in [6, 6.07) is 4.21. The highest BCUT2D eigenvalue weighted by Gasteiger charge is 2.30. The summed E-state index contributed by atoms with van der Waals surface area (Å²) in [7, 11) is 0. The van der Waals surface area contributed by atoms with E-state index < -0.39 is 0 Å². The average molecular weight is 455 g/mol. The first-order valence-corrected chi connectivity index (χ1v) is 12.3. The molecule has 170 valence electrons. The van der Waals surface area contributed by atoms with E-state index in [-0.39, 0.29) is 22.9 Å². The number of hydrogen-bond donors (Lipinski definition) is 0. The highest BCUT2D eigenvalue weighted by Crippen LogP contribution is 2.38. The smallest absolute Gasteiger partial charge is 0.324 e. The molecule has 1 atom stereocenters. The van der Waals surface area contributed by atoms with Gasteiger partial charge in [-0.15, -0.1) is 0 Å². The Kier molecular flexibility index (Phi) is 6.70. The normalized spacial score (nSPS) is 19.5. The maximum Gasteiger partial charge on any atom is 0.324 e. The fourth-order valence-electron chi connectivity index (χ4n) is 4.35. The molecule has 1 saturated heterocycles. The minimum atomic E-state index is -0.340. The molecule has 2 aromatic rings. The van der Waals surface area contributed by atoms with Gasteiger partial charge in [0.05, 0.1) is 23.4 Å². The van der Waals surface area contributed by atoms with E-state index in [4.69, 9.17) is 9.51 Å². The summed E-state index contributed by atoms with van der Waals surface area (Å²) in [5.41, 5.74) is 2.98. The number of fused-ring (bicyclic) bond motifs is 1. The van der Waals surface area contributed by atoms with Gasteiger partial charge in [0, 0.05) is 11.4 Å². The second kappa shape index (κ2) is 9.49. The lowest BCUT2D eigenvalue weighted by Crippen LogP contribution is -2.60. The number of aliphatic imine (C=N–C) groups is 1. The van der Waals surface area contributed by atoms with Crippen LogP contribution in [0.3, 0.4) is 0 Å². The van der Waals surface area contributed by atoms with E-state index in [1.165, 1.54) is 18.2 Å². The topological polar surface area (TPSA) is 105 Å². The zero-order chi connectivity index (χ0) is 22.7. The van der Waals surface area contributed by atoms with E-state index in [9.17, 15) is 10.4 Å². The monoisotopic (exact) mass is 454 g/mol. The number of piperidine rings is 1. The summed E-state index contributed by atoms with van der Waals surface area (Å²) < 4.78 is 5.20. The van der Waals surface area contributed by atoms with Gasteiger partial charge in [-0.05, 0) is 67.4 Å². The van der Waals surface area contributed by atoms with Crippen molar-refractivity contribution in [1.82, 2.24) is 10.3 Å². The quantitative estimate of drug-likeness (QED) is 0.296. The number of rotatable bonds is 5. The predicted molar refractivity (Wildman–Crippen MR) is 120 cm³/mol. The number of hydrogen-bond acceptors (Lipinski definition) is 8. The molecule has 32 heavy (non-hydrogen) atoms. The third-order valence-corrected chi connectivity index (χ3v) is 7.31. The lowest BCUT2D eigenvalue weighted by atomic mass is 9.71. The van der Waals surface area contributed by atoms with Gasteiger partial charge in [-0.1, -0.05) is 32.5 Å². The summed E-state index contributed by atoms with van der Waals surface area (Å²) in [5, 5.41) is 28.7. The third-order valence-electron chi connectivity index (χ3n) is 6.33. The first kappa shape index (κ1) is 22.6. The van der Waals surface area contributed by atoms with Crippen LogP contribution in [0.5, 0.6) is 0 Å². The average Bonchev–Trinajstić information content (AvgIpc) is 3.25. The highest BCUT2D eigenvalue weighted by atomic mass is 32.2. The molecule has 1 aliphatic heterocycles. The van der Waals surface area contributed by atoms with Crippen molar-refractivity contribution in [2.45, 2.75) is 64.3 Å². The van der Waals surface area contributed by atoms with Crippen LogP contribution < -0.4 is 14.9 Å². The molecule has 0 bridgehead atoms. The molecule has 1 unspecified atom stereocenters.